The highest BCUT2D eigenvalue weighted by molar-refractivity contribution is 5.03. The van der Waals surface area contributed by atoms with Gasteiger partial charge in [0, 0.05) is 6.42 Å². The van der Waals surface area contributed by atoms with Gasteiger partial charge < -0.3 is 0 Å². The SMILES string of the molecule is CC1(C)[C@H]2CCC(CCC#N)[C@@H]1C2. The van der Waals surface area contributed by atoms with Crippen LogP contribution >= 0.6 is 0 Å². The highest BCUT2D eigenvalue weighted by Gasteiger charge is 2.53. The molecule has 0 heterocycles. The fraction of sp³-hybridized carbons (Fsp3) is 0.917. The van der Waals surface area contributed by atoms with E-state index in [1.807, 2.05) is 0 Å². The van der Waals surface area contributed by atoms with Crippen LogP contribution in [0.25, 0.3) is 0 Å². The van der Waals surface area contributed by atoms with E-state index >= 15 is 0 Å². The van der Waals surface area contributed by atoms with Crippen LogP contribution in [-0.4, -0.2) is 0 Å². The van der Waals surface area contributed by atoms with Gasteiger partial charge in [0.15, 0.2) is 0 Å². The Morgan fingerprint density at radius 1 is 1.38 bits per heavy atom. The Morgan fingerprint density at radius 2 is 2.15 bits per heavy atom. The van der Waals surface area contributed by atoms with Crippen LogP contribution in [-0.2, 0) is 0 Å². The second-order valence-electron chi connectivity index (χ2n) is 5.39. The number of nitrogens with zero attached hydrogens (tertiary/aromatic N) is 1. The molecule has 3 rings (SSSR count). The van der Waals surface area contributed by atoms with Gasteiger partial charge in [-0.05, 0) is 48.9 Å². The monoisotopic (exact) mass is 177 g/mol. The second kappa shape index (κ2) is 3.01. The minimum atomic E-state index is 0.596. The lowest BCUT2D eigenvalue weighted by atomic mass is 9.45. The lowest BCUT2D eigenvalue weighted by Crippen LogP contribution is -2.52. The molecule has 1 heteroatoms. The molecule has 0 aromatic heterocycles. The maximum Gasteiger partial charge on any atom is 0.0621 e. The quantitative estimate of drug-likeness (QED) is 0.634. The minimum Gasteiger partial charge on any atom is -0.198 e. The first-order valence-corrected chi connectivity index (χ1v) is 5.53. The summed E-state index contributed by atoms with van der Waals surface area (Å²) in [6.45, 7) is 4.84. The van der Waals surface area contributed by atoms with Crippen molar-refractivity contribution in [1.82, 2.24) is 0 Å². The molecule has 3 aliphatic rings. The maximum absolute atomic E-state index is 8.58. The molecule has 3 atom stereocenters. The second-order valence-corrected chi connectivity index (χ2v) is 5.39. The topological polar surface area (TPSA) is 23.8 Å². The van der Waals surface area contributed by atoms with Crippen molar-refractivity contribution in [2.24, 2.45) is 23.2 Å². The summed E-state index contributed by atoms with van der Waals surface area (Å²) in [5.74, 6) is 2.79. The van der Waals surface area contributed by atoms with E-state index in [4.69, 9.17) is 5.26 Å². The molecule has 72 valence electrons. The van der Waals surface area contributed by atoms with E-state index in [-0.39, 0.29) is 0 Å². The third-order valence-electron chi connectivity index (χ3n) is 4.63. The molecule has 3 saturated carbocycles. The van der Waals surface area contributed by atoms with Crippen molar-refractivity contribution in [3.63, 3.8) is 0 Å². The zero-order valence-electron chi connectivity index (χ0n) is 8.71. The molecule has 1 nitrogen and oxygen atoms in total. The summed E-state index contributed by atoms with van der Waals surface area (Å²) in [7, 11) is 0. The predicted molar refractivity (Wildman–Crippen MR) is 52.9 cm³/mol. The Morgan fingerprint density at radius 3 is 2.69 bits per heavy atom. The summed E-state index contributed by atoms with van der Waals surface area (Å²) in [6, 6.07) is 2.28. The first-order chi connectivity index (χ1) is 6.16. The largest absolute Gasteiger partial charge is 0.198 e. The summed E-state index contributed by atoms with van der Waals surface area (Å²) >= 11 is 0. The Balaban J connectivity index is 1.96. The molecule has 1 unspecified atom stereocenters. The number of fused-ring (bicyclic) bond motifs is 2. The molecule has 3 fully saturated rings. The average Bonchev–Trinajstić information content (AvgIpc) is 2.14. The summed E-state index contributed by atoms with van der Waals surface area (Å²) < 4.78 is 0. The van der Waals surface area contributed by atoms with Crippen LogP contribution in [0, 0.1) is 34.5 Å². The molecule has 0 N–H and O–H groups in total. The molecule has 0 radical (unpaired) electrons. The number of rotatable bonds is 2. The van der Waals surface area contributed by atoms with Crippen LogP contribution in [0.4, 0.5) is 0 Å². The molecular formula is C12H19N. The lowest BCUT2D eigenvalue weighted by Gasteiger charge is -2.60. The van der Waals surface area contributed by atoms with Crippen molar-refractivity contribution in [1.29, 1.82) is 5.26 Å². The molecule has 0 amide bonds. The third kappa shape index (κ3) is 1.27. The van der Waals surface area contributed by atoms with E-state index < -0.39 is 0 Å². The van der Waals surface area contributed by atoms with Crippen molar-refractivity contribution in [2.45, 2.75) is 46.0 Å². The van der Waals surface area contributed by atoms with Crippen LogP contribution in [0.5, 0.6) is 0 Å². The van der Waals surface area contributed by atoms with Crippen LogP contribution in [0.15, 0.2) is 0 Å². The zero-order valence-corrected chi connectivity index (χ0v) is 8.71. The molecule has 2 bridgehead atoms. The van der Waals surface area contributed by atoms with Gasteiger partial charge in [-0.25, -0.2) is 0 Å². The van der Waals surface area contributed by atoms with Crippen molar-refractivity contribution < 1.29 is 0 Å². The van der Waals surface area contributed by atoms with Crippen LogP contribution in [0.3, 0.4) is 0 Å². The lowest BCUT2D eigenvalue weighted by molar-refractivity contribution is -0.106. The first kappa shape index (κ1) is 9.06. The standard InChI is InChI=1S/C12H19N/c1-12(2)10-6-5-9(4-3-7-13)11(12)8-10/h9-11H,3-6,8H2,1-2H3/t9?,10-,11-/m0/s1. The molecule has 3 aliphatic carbocycles. The van der Waals surface area contributed by atoms with Crippen molar-refractivity contribution >= 4 is 0 Å². The van der Waals surface area contributed by atoms with Gasteiger partial charge in [0.2, 0.25) is 0 Å². The van der Waals surface area contributed by atoms with Gasteiger partial charge in [-0.2, -0.15) is 5.26 Å². The van der Waals surface area contributed by atoms with Crippen LogP contribution in [0.2, 0.25) is 0 Å². The molecule has 0 saturated heterocycles. The van der Waals surface area contributed by atoms with Crippen molar-refractivity contribution in [2.75, 3.05) is 0 Å². The number of nitriles is 1. The summed E-state index contributed by atoms with van der Waals surface area (Å²) in [5.41, 5.74) is 0.596. The Kier molecular flexibility index (Phi) is 2.10. The van der Waals surface area contributed by atoms with E-state index in [1.165, 1.54) is 19.3 Å². The van der Waals surface area contributed by atoms with Crippen molar-refractivity contribution in [3.8, 4) is 6.07 Å². The summed E-state index contributed by atoms with van der Waals surface area (Å²) in [5, 5.41) is 8.58. The molecule has 13 heavy (non-hydrogen) atoms. The zero-order chi connectivity index (χ0) is 9.47. The third-order valence-corrected chi connectivity index (χ3v) is 4.63. The molecule has 0 spiro atoms. The molecule has 0 aliphatic heterocycles. The molecule has 0 aromatic carbocycles. The fourth-order valence-electron chi connectivity index (χ4n) is 3.56. The van der Waals surface area contributed by atoms with Crippen LogP contribution < -0.4 is 0 Å². The predicted octanol–water partition coefficient (Wildman–Crippen LogP) is 3.36. The molecule has 0 aromatic rings. The number of hydrogen-bond acceptors (Lipinski definition) is 1. The van der Waals surface area contributed by atoms with E-state index in [1.54, 1.807) is 0 Å². The maximum atomic E-state index is 8.58. The smallest absolute Gasteiger partial charge is 0.0621 e. The van der Waals surface area contributed by atoms with E-state index in [9.17, 15) is 0 Å². The van der Waals surface area contributed by atoms with Crippen molar-refractivity contribution in [3.05, 3.63) is 0 Å². The minimum absolute atomic E-state index is 0.596. The Bertz CT molecular complexity index is 234. The number of hydrogen-bond donors (Lipinski definition) is 0. The van der Waals surface area contributed by atoms with Gasteiger partial charge in [0.05, 0.1) is 6.07 Å². The fourth-order valence-corrected chi connectivity index (χ4v) is 3.56. The van der Waals surface area contributed by atoms with Gasteiger partial charge in [-0.15, -0.1) is 0 Å². The van der Waals surface area contributed by atoms with Gasteiger partial charge in [-0.3, -0.25) is 0 Å². The highest BCUT2D eigenvalue weighted by Crippen LogP contribution is 2.62. The molecular weight excluding hydrogens is 158 g/mol. The van der Waals surface area contributed by atoms with Gasteiger partial charge in [0.1, 0.15) is 0 Å². The van der Waals surface area contributed by atoms with Gasteiger partial charge in [0.25, 0.3) is 0 Å². The first-order valence-electron chi connectivity index (χ1n) is 5.53. The highest BCUT2D eigenvalue weighted by atomic mass is 14.6. The Hall–Kier alpha value is -0.510. The van der Waals surface area contributed by atoms with Gasteiger partial charge >= 0.3 is 0 Å². The normalized spacial score (nSPS) is 40.5. The van der Waals surface area contributed by atoms with E-state index in [0.717, 1.165) is 30.6 Å². The summed E-state index contributed by atoms with van der Waals surface area (Å²) in [4.78, 5) is 0. The van der Waals surface area contributed by atoms with Crippen LogP contribution in [0.1, 0.15) is 46.0 Å². The van der Waals surface area contributed by atoms with Gasteiger partial charge in [-0.1, -0.05) is 13.8 Å². The summed E-state index contributed by atoms with van der Waals surface area (Å²) in [6.07, 6.45) is 6.17. The Labute approximate surface area is 81.1 Å². The average molecular weight is 177 g/mol. The van der Waals surface area contributed by atoms with E-state index in [0.29, 0.717) is 5.41 Å². The van der Waals surface area contributed by atoms with E-state index in [2.05, 4.69) is 19.9 Å².